The fourth-order valence-corrected chi connectivity index (χ4v) is 6.16. The molecule has 1 amide bonds. The number of aromatic nitrogens is 1. The van der Waals surface area contributed by atoms with Crippen LogP contribution in [0.4, 0.5) is 0 Å². The molecule has 6 rings (SSSR count). The number of fused-ring (bicyclic) bond motifs is 2. The highest BCUT2D eigenvalue weighted by Gasteiger charge is 2.39. The number of hydrogen-bond acceptors (Lipinski definition) is 8. The molecule has 2 aromatic rings. The first-order valence-electron chi connectivity index (χ1n) is 11.1. The lowest BCUT2D eigenvalue weighted by Crippen LogP contribution is -2.38. The third kappa shape index (κ3) is 3.51. The number of nitrogens with zero attached hydrogens (tertiary/aromatic N) is 3. The number of sulfonamides is 1. The van der Waals surface area contributed by atoms with Gasteiger partial charge in [-0.1, -0.05) is 6.07 Å². The van der Waals surface area contributed by atoms with Crippen LogP contribution in [0.15, 0.2) is 46.5 Å². The predicted molar refractivity (Wildman–Crippen MR) is 118 cm³/mol. The molecule has 11 heteroatoms. The van der Waals surface area contributed by atoms with Crippen molar-refractivity contribution in [2.24, 2.45) is 0 Å². The smallest absolute Gasteiger partial charge is 0.257 e. The first-order valence-corrected chi connectivity index (χ1v) is 12.5. The van der Waals surface area contributed by atoms with Crippen molar-refractivity contribution in [3.8, 4) is 17.4 Å². The van der Waals surface area contributed by atoms with Gasteiger partial charge in [0, 0.05) is 38.7 Å². The number of carbonyl (C=O) groups excluding carboxylic acids is 1. The summed E-state index contributed by atoms with van der Waals surface area (Å²) in [6, 6.07) is 6.75. The standard InChI is InChI=1S/C23H23N3O7S/c27-21(15-1-2-19-14(7-15)3-4-31-19)23(28)25-10-16-12-26(13-17(16)11-25)34(29,30)18-8-20-22(24-9-18)33-6-5-32-20/h1-2,7-9,21,27H,3-6,10-13H2. The van der Waals surface area contributed by atoms with Gasteiger partial charge in [-0.25, -0.2) is 13.4 Å². The van der Waals surface area contributed by atoms with Crippen LogP contribution in [0.5, 0.6) is 17.4 Å². The maximum absolute atomic E-state index is 13.2. The molecule has 0 saturated heterocycles. The summed E-state index contributed by atoms with van der Waals surface area (Å²) in [4.78, 5) is 18.7. The van der Waals surface area contributed by atoms with Crippen molar-refractivity contribution in [1.82, 2.24) is 14.2 Å². The normalized spacial score (nSPS) is 20.2. The zero-order chi connectivity index (χ0) is 23.4. The van der Waals surface area contributed by atoms with Crippen LogP contribution in [0.1, 0.15) is 17.2 Å². The number of carbonyl (C=O) groups is 1. The van der Waals surface area contributed by atoms with Gasteiger partial charge in [0.2, 0.25) is 10.0 Å². The number of hydrogen-bond donors (Lipinski definition) is 1. The number of benzene rings is 1. The number of amides is 1. The van der Waals surface area contributed by atoms with Crippen molar-refractivity contribution in [2.75, 3.05) is 46.0 Å². The summed E-state index contributed by atoms with van der Waals surface area (Å²) in [6.45, 7) is 2.30. The van der Waals surface area contributed by atoms with E-state index in [4.69, 9.17) is 14.2 Å². The topological polar surface area (TPSA) is 119 Å². The quantitative estimate of drug-likeness (QED) is 0.628. The Morgan fingerprint density at radius 2 is 1.71 bits per heavy atom. The Morgan fingerprint density at radius 1 is 0.971 bits per heavy atom. The molecular formula is C23H23N3O7S. The number of rotatable bonds is 4. The molecule has 0 spiro atoms. The number of ether oxygens (including phenoxy) is 3. The van der Waals surface area contributed by atoms with Crippen LogP contribution in [0.25, 0.3) is 0 Å². The molecule has 0 saturated carbocycles. The third-order valence-electron chi connectivity index (χ3n) is 6.58. The highest BCUT2D eigenvalue weighted by atomic mass is 32.2. The van der Waals surface area contributed by atoms with Crippen molar-refractivity contribution in [3.63, 3.8) is 0 Å². The molecule has 1 aromatic carbocycles. The molecule has 4 aliphatic rings. The molecule has 0 fully saturated rings. The van der Waals surface area contributed by atoms with Gasteiger partial charge in [0.25, 0.3) is 11.8 Å². The number of aliphatic hydroxyl groups is 1. The van der Waals surface area contributed by atoms with Gasteiger partial charge in [-0.15, -0.1) is 0 Å². The average Bonchev–Trinajstić information content (AvgIpc) is 3.57. The minimum absolute atomic E-state index is 0.0434. The second kappa shape index (κ2) is 7.97. The maximum atomic E-state index is 13.2. The van der Waals surface area contributed by atoms with Crippen LogP contribution in [0.2, 0.25) is 0 Å². The lowest BCUT2D eigenvalue weighted by Gasteiger charge is -2.25. The first-order chi connectivity index (χ1) is 16.4. The Labute approximate surface area is 196 Å². The van der Waals surface area contributed by atoms with E-state index in [1.807, 2.05) is 6.07 Å². The van der Waals surface area contributed by atoms with Crippen molar-refractivity contribution in [2.45, 2.75) is 17.4 Å². The summed E-state index contributed by atoms with van der Waals surface area (Å²) in [5, 5.41) is 10.7. The van der Waals surface area contributed by atoms with Crippen LogP contribution in [0, 0.1) is 0 Å². The summed E-state index contributed by atoms with van der Waals surface area (Å²) in [5.74, 6) is 1.00. The molecule has 1 N–H and O–H groups in total. The van der Waals surface area contributed by atoms with Gasteiger partial charge in [0.1, 0.15) is 23.9 Å². The van der Waals surface area contributed by atoms with Crippen molar-refractivity contribution in [1.29, 1.82) is 0 Å². The highest BCUT2D eigenvalue weighted by Crippen LogP contribution is 2.35. The van der Waals surface area contributed by atoms with E-state index in [9.17, 15) is 18.3 Å². The Balaban J connectivity index is 1.12. The first kappa shape index (κ1) is 21.4. The van der Waals surface area contributed by atoms with Crippen LogP contribution in [0.3, 0.4) is 0 Å². The molecule has 5 heterocycles. The molecule has 1 unspecified atom stereocenters. The molecule has 1 aromatic heterocycles. The van der Waals surface area contributed by atoms with Crippen LogP contribution < -0.4 is 14.2 Å². The molecule has 0 aliphatic carbocycles. The molecule has 34 heavy (non-hydrogen) atoms. The maximum Gasteiger partial charge on any atom is 0.257 e. The van der Waals surface area contributed by atoms with Gasteiger partial charge >= 0.3 is 0 Å². The Morgan fingerprint density at radius 3 is 2.50 bits per heavy atom. The van der Waals surface area contributed by atoms with E-state index in [0.717, 1.165) is 28.9 Å². The minimum Gasteiger partial charge on any atom is -0.493 e. The number of pyridine rings is 1. The summed E-state index contributed by atoms with van der Waals surface area (Å²) in [7, 11) is -3.79. The monoisotopic (exact) mass is 485 g/mol. The van der Waals surface area contributed by atoms with Crippen molar-refractivity contribution in [3.05, 3.63) is 52.7 Å². The Kier molecular flexibility index (Phi) is 5.01. The van der Waals surface area contributed by atoms with E-state index < -0.39 is 22.0 Å². The zero-order valence-corrected chi connectivity index (χ0v) is 19.1. The molecule has 1 atom stereocenters. The third-order valence-corrected chi connectivity index (χ3v) is 8.34. The highest BCUT2D eigenvalue weighted by molar-refractivity contribution is 7.89. The van der Waals surface area contributed by atoms with E-state index >= 15 is 0 Å². The predicted octanol–water partition coefficient (Wildman–Crippen LogP) is 0.664. The van der Waals surface area contributed by atoms with Gasteiger partial charge < -0.3 is 24.2 Å². The second-order valence-electron chi connectivity index (χ2n) is 8.71. The van der Waals surface area contributed by atoms with Crippen molar-refractivity contribution < 1.29 is 32.5 Å². The fourth-order valence-electron chi connectivity index (χ4n) is 4.77. The van der Waals surface area contributed by atoms with Gasteiger partial charge in [0.15, 0.2) is 11.9 Å². The van der Waals surface area contributed by atoms with E-state index in [0.29, 0.717) is 44.2 Å². The molecule has 4 aliphatic heterocycles. The zero-order valence-electron chi connectivity index (χ0n) is 18.3. The number of aliphatic hydroxyl groups excluding tert-OH is 1. The molecule has 10 nitrogen and oxygen atoms in total. The minimum atomic E-state index is -3.79. The summed E-state index contributed by atoms with van der Waals surface area (Å²) >= 11 is 0. The summed E-state index contributed by atoms with van der Waals surface area (Å²) in [6.07, 6.45) is 0.766. The van der Waals surface area contributed by atoms with Crippen molar-refractivity contribution >= 4 is 15.9 Å². The van der Waals surface area contributed by atoms with E-state index in [-0.39, 0.29) is 23.9 Å². The average molecular weight is 486 g/mol. The van der Waals surface area contributed by atoms with E-state index in [1.54, 1.807) is 17.0 Å². The Hall–Kier alpha value is -3.15. The largest absolute Gasteiger partial charge is 0.493 e. The van der Waals surface area contributed by atoms with Crippen LogP contribution in [-0.2, 0) is 21.2 Å². The van der Waals surface area contributed by atoms with Crippen LogP contribution in [-0.4, -0.2) is 79.6 Å². The van der Waals surface area contributed by atoms with Gasteiger partial charge in [-0.05, 0) is 34.4 Å². The van der Waals surface area contributed by atoms with Crippen LogP contribution >= 0.6 is 0 Å². The lowest BCUT2D eigenvalue weighted by atomic mass is 10.0. The summed E-state index contributed by atoms with van der Waals surface area (Å²) in [5.41, 5.74) is 3.30. The molecule has 178 valence electrons. The lowest BCUT2D eigenvalue weighted by molar-refractivity contribution is -0.139. The van der Waals surface area contributed by atoms with Gasteiger partial charge in [-0.2, -0.15) is 4.31 Å². The van der Waals surface area contributed by atoms with Gasteiger partial charge in [-0.3, -0.25) is 4.79 Å². The van der Waals surface area contributed by atoms with E-state index in [2.05, 4.69) is 4.98 Å². The molecule has 0 radical (unpaired) electrons. The summed E-state index contributed by atoms with van der Waals surface area (Å²) < 4.78 is 44.1. The molecular weight excluding hydrogens is 462 g/mol. The fraction of sp³-hybridized carbons (Fsp3) is 0.391. The second-order valence-corrected chi connectivity index (χ2v) is 10.7. The van der Waals surface area contributed by atoms with E-state index in [1.165, 1.54) is 16.6 Å². The van der Waals surface area contributed by atoms with Gasteiger partial charge in [0.05, 0.1) is 12.8 Å². The molecule has 0 bridgehead atoms. The SMILES string of the molecule is O=C(C(O)c1ccc2c(c1)CCO2)N1CC2=C(C1)CN(S(=O)(=O)c1cnc3c(c1)OCCO3)C2. The Bertz CT molecular complexity index is 1310.